The number of benzene rings is 1. The molecule has 0 amide bonds. The second kappa shape index (κ2) is 4.67. The number of H-pyrrole nitrogens is 1. The molecule has 98 valence electrons. The molecule has 1 fully saturated rings. The van der Waals surface area contributed by atoms with Crippen molar-refractivity contribution in [1.82, 2.24) is 14.9 Å². The monoisotopic (exact) mass is 254 g/mol. The maximum Gasteiger partial charge on any atom is 0.124 e. The van der Waals surface area contributed by atoms with Gasteiger partial charge in [0.25, 0.3) is 0 Å². The summed E-state index contributed by atoms with van der Waals surface area (Å²) < 4.78 is 0. The molecule has 0 aliphatic carbocycles. The van der Waals surface area contributed by atoms with Crippen molar-refractivity contribution in [1.29, 1.82) is 5.26 Å². The average Bonchev–Trinajstić information content (AvgIpc) is 2.83. The molecule has 0 bridgehead atoms. The zero-order valence-corrected chi connectivity index (χ0v) is 11.3. The van der Waals surface area contributed by atoms with Crippen molar-refractivity contribution in [2.45, 2.75) is 25.8 Å². The van der Waals surface area contributed by atoms with Crippen LogP contribution in [0.2, 0.25) is 0 Å². The second-order valence-electron chi connectivity index (χ2n) is 5.59. The molecule has 1 saturated heterocycles. The van der Waals surface area contributed by atoms with E-state index in [1.54, 1.807) is 0 Å². The van der Waals surface area contributed by atoms with Gasteiger partial charge >= 0.3 is 0 Å². The van der Waals surface area contributed by atoms with Crippen molar-refractivity contribution < 1.29 is 0 Å². The summed E-state index contributed by atoms with van der Waals surface area (Å²) in [5, 5.41) is 8.94. The van der Waals surface area contributed by atoms with Crippen molar-refractivity contribution in [3.8, 4) is 6.07 Å². The Hall–Kier alpha value is -1.86. The number of nitriles is 1. The molecule has 1 N–H and O–H groups in total. The van der Waals surface area contributed by atoms with Crippen LogP contribution in [0.1, 0.15) is 37.2 Å². The van der Waals surface area contributed by atoms with Gasteiger partial charge in [0.05, 0.1) is 28.7 Å². The Morgan fingerprint density at radius 1 is 1.47 bits per heavy atom. The van der Waals surface area contributed by atoms with E-state index in [1.165, 1.54) is 6.42 Å². The molecule has 1 aromatic carbocycles. The van der Waals surface area contributed by atoms with E-state index < -0.39 is 0 Å². The van der Waals surface area contributed by atoms with Gasteiger partial charge in [-0.1, -0.05) is 6.92 Å². The van der Waals surface area contributed by atoms with Crippen molar-refractivity contribution >= 4 is 11.0 Å². The minimum absolute atomic E-state index is 0.363. The average molecular weight is 254 g/mol. The van der Waals surface area contributed by atoms with Crippen LogP contribution < -0.4 is 0 Å². The van der Waals surface area contributed by atoms with Crippen LogP contribution in [0.3, 0.4) is 0 Å². The van der Waals surface area contributed by atoms with Gasteiger partial charge in [-0.05, 0) is 50.6 Å². The van der Waals surface area contributed by atoms with Gasteiger partial charge in [0, 0.05) is 0 Å². The highest BCUT2D eigenvalue weighted by molar-refractivity contribution is 5.76. The van der Waals surface area contributed by atoms with E-state index in [2.05, 4.69) is 29.9 Å². The minimum atomic E-state index is 0.363. The zero-order valence-electron chi connectivity index (χ0n) is 11.3. The third kappa shape index (κ3) is 2.22. The third-order valence-corrected chi connectivity index (χ3v) is 4.08. The summed E-state index contributed by atoms with van der Waals surface area (Å²) in [6, 6.07) is 8.14. The molecular formula is C15H18N4. The number of rotatable bonds is 1. The number of nitrogens with one attached hydrogen (secondary N) is 1. The Kier molecular flexibility index (Phi) is 3.00. The molecule has 1 aromatic heterocycles. The molecule has 0 spiro atoms. The molecule has 1 unspecified atom stereocenters. The fraction of sp³-hybridized carbons (Fsp3) is 0.467. The summed E-state index contributed by atoms with van der Waals surface area (Å²) in [7, 11) is 2.16. The summed E-state index contributed by atoms with van der Waals surface area (Å²) in [5.41, 5.74) is 2.58. The summed E-state index contributed by atoms with van der Waals surface area (Å²) in [4.78, 5) is 10.4. The highest BCUT2D eigenvalue weighted by Gasteiger charge is 2.27. The van der Waals surface area contributed by atoms with Crippen LogP contribution in [0.25, 0.3) is 11.0 Å². The Morgan fingerprint density at radius 3 is 3.11 bits per heavy atom. The molecule has 4 nitrogen and oxygen atoms in total. The molecule has 1 aliphatic rings. The summed E-state index contributed by atoms with van der Waals surface area (Å²) in [6.45, 7) is 3.42. The lowest BCUT2D eigenvalue weighted by Gasteiger charge is -2.34. The predicted octanol–water partition coefficient (Wildman–Crippen LogP) is 2.84. The van der Waals surface area contributed by atoms with Crippen LogP contribution in [0.4, 0.5) is 0 Å². The van der Waals surface area contributed by atoms with E-state index in [0.29, 0.717) is 11.6 Å². The lowest BCUT2D eigenvalue weighted by molar-refractivity contribution is 0.144. The van der Waals surface area contributed by atoms with Crippen molar-refractivity contribution in [3.05, 3.63) is 29.6 Å². The van der Waals surface area contributed by atoms with E-state index >= 15 is 0 Å². The van der Waals surface area contributed by atoms with Crippen molar-refractivity contribution in [2.24, 2.45) is 5.92 Å². The number of piperidine rings is 1. The standard InChI is InChI=1S/C15H18N4/c1-10-5-6-19(2)14(7-10)15-17-12-4-3-11(9-16)8-13(12)18-15/h3-4,8,10,14H,5-7H2,1-2H3,(H,17,18)/t10?,14-/m1/s1. The topological polar surface area (TPSA) is 55.7 Å². The first-order valence-corrected chi connectivity index (χ1v) is 6.77. The smallest absolute Gasteiger partial charge is 0.124 e. The van der Waals surface area contributed by atoms with Crippen LogP contribution in [0.15, 0.2) is 18.2 Å². The first-order valence-electron chi connectivity index (χ1n) is 6.77. The highest BCUT2D eigenvalue weighted by Crippen LogP contribution is 2.32. The number of likely N-dealkylation sites (tertiary alicyclic amines) is 1. The van der Waals surface area contributed by atoms with Crippen LogP contribution in [0, 0.1) is 17.2 Å². The molecule has 2 atom stereocenters. The fourth-order valence-corrected chi connectivity index (χ4v) is 2.84. The fourth-order valence-electron chi connectivity index (χ4n) is 2.84. The molecule has 2 aromatic rings. The quantitative estimate of drug-likeness (QED) is 0.851. The van der Waals surface area contributed by atoms with Crippen molar-refractivity contribution in [2.75, 3.05) is 13.6 Å². The Morgan fingerprint density at radius 2 is 2.32 bits per heavy atom. The van der Waals surface area contributed by atoms with E-state index in [9.17, 15) is 0 Å². The lowest BCUT2D eigenvalue weighted by Crippen LogP contribution is -2.33. The van der Waals surface area contributed by atoms with Gasteiger partial charge in [0.2, 0.25) is 0 Å². The molecule has 19 heavy (non-hydrogen) atoms. The Bertz CT molecular complexity index is 637. The lowest BCUT2D eigenvalue weighted by atomic mass is 9.92. The van der Waals surface area contributed by atoms with E-state index in [-0.39, 0.29) is 0 Å². The van der Waals surface area contributed by atoms with Gasteiger partial charge in [0.1, 0.15) is 5.82 Å². The van der Waals surface area contributed by atoms with E-state index in [0.717, 1.165) is 35.7 Å². The molecule has 2 heterocycles. The molecule has 4 heteroatoms. The number of aromatic nitrogens is 2. The zero-order chi connectivity index (χ0) is 13.4. The molecule has 3 rings (SSSR count). The Balaban J connectivity index is 1.98. The summed E-state index contributed by atoms with van der Waals surface area (Å²) in [6.07, 6.45) is 2.40. The first kappa shape index (κ1) is 12.2. The van der Waals surface area contributed by atoms with Crippen LogP contribution in [-0.4, -0.2) is 28.5 Å². The number of aromatic amines is 1. The van der Waals surface area contributed by atoms with Crippen LogP contribution in [0.5, 0.6) is 0 Å². The molecule has 0 saturated carbocycles. The van der Waals surface area contributed by atoms with Gasteiger partial charge in [-0.15, -0.1) is 0 Å². The maximum absolute atomic E-state index is 8.94. The van der Waals surface area contributed by atoms with Gasteiger partial charge in [-0.2, -0.15) is 5.26 Å². The number of imidazole rings is 1. The summed E-state index contributed by atoms with van der Waals surface area (Å²) in [5.74, 6) is 1.77. The molecule has 1 aliphatic heterocycles. The minimum Gasteiger partial charge on any atom is -0.341 e. The van der Waals surface area contributed by atoms with Gasteiger partial charge < -0.3 is 4.98 Å². The Labute approximate surface area is 113 Å². The SMILES string of the molecule is CC1CCN(C)[C@@H](c2nc3ccc(C#N)cc3[nH]2)C1. The number of hydrogen-bond acceptors (Lipinski definition) is 3. The van der Waals surface area contributed by atoms with Crippen molar-refractivity contribution in [3.63, 3.8) is 0 Å². The third-order valence-electron chi connectivity index (χ3n) is 4.08. The predicted molar refractivity (Wildman–Crippen MR) is 74.6 cm³/mol. The van der Waals surface area contributed by atoms with E-state index in [4.69, 9.17) is 10.2 Å². The van der Waals surface area contributed by atoms with Crippen LogP contribution in [-0.2, 0) is 0 Å². The van der Waals surface area contributed by atoms with Crippen LogP contribution >= 0.6 is 0 Å². The number of hydrogen-bond donors (Lipinski definition) is 1. The number of nitrogens with zero attached hydrogens (tertiary/aromatic N) is 3. The molecule has 0 radical (unpaired) electrons. The molecular weight excluding hydrogens is 236 g/mol. The summed E-state index contributed by atoms with van der Waals surface area (Å²) >= 11 is 0. The van der Waals surface area contributed by atoms with Gasteiger partial charge in [-0.3, -0.25) is 4.90 Å². The van der Waals surface area contributed by atoms with Gasteiger partial charge in [-0.25, -0.2) is 4.98 Å². The second-order valence-corrected chi connectivity index (χ2v) is 5.59. The largest absolute Gasteiger partial charge is 0.341 e. The first-order chi connectivity index (χ1) is 9.17. The van der Waals surface area contributed by atoms with Gasteiger partial charge in [0.15, 0.2) is 0 Å². The highest BCUT2D eigenvalue weighted by atomic mass is 15.2. The normalized spacial score (nSPS) is 24.5. The maximum atomic E-state index is 8.94. The number of fused-ring (bicyclic) bond motifs is 1. The van der Waals surface area contributed by atoms with E-state index in [1.807, 2.05) is 18.2 Å².